The average Bonchev–Trinajstić information content (AvgIpc) is 3.38. The van der Waals surface area contributed by atoms with Crippen molar-refractivity contribution in [3.05, 3.63) is 70.9 Å². The van der Waals surface area contributed by atoms with Gasteiger partial charge < -0.3 is 19.4 Å². The summed E-state index contributed by atoms with van der Waals surface area (Å²) in [6.07, 6.45) is -7.88. The van der Waals surface area contributed by atoms with E-state index >= 15 is 0 Å². The van der Waals surface area contributed by atoms with Crippen molar-refractivity contribution in [1.82, 2.24) is 19.7 Å². The van der Waals surface area contributed by atoms with Gasteiger partial charge in [0.05, 0.1) is 30.4 Å². The molecular formula is C30H36Cl2F6N4O3. The number of rotatable bonds is 8. The fourth-order valence-electron chi connectivity index (χ4n) is 5.92. The van der Waals surface area contributed by atoms with Crippen LogP contribution in [0.1, 0.15) is 27.0 Å². The van der Waals surface area contributed by atoms with Crippen molar-refractivity contribution in [2.45, 2.75) is 30.9 Å². The van der Waals surface area contributed by atoms with Crippen molar-refractivity contribution in [3.63, 3.8) is 0 Å². The third kappa shape index (κ3) is 9.05. The summed E-state index contributed by atoms with van der Waals surface area (Å²) >= 11 is 0. The minimum absolute atomic E-state index is 0. The van der Waals surface area contributed by atoms with E-state index in [9.17, 15) is 31.1 Å². The van der Waals surface area contributed by atoms with Gasteiger partial charge in [0.1, 0.15) is 0 Å². The number of methoxy groups -OCH3 is 1. The van der Waals surface area contributed by atoms with Gasteiger partial charge in [-0.1, -0.05) is 18.2 Å². The number of aromatic nitrogens is 1. The van der Waals surface area contributed by atoms with E-state index in [1.165, 1.54) is 4.90 Å². The number of benzene rings is 2. The number of hydrogen-bond donors (Lipinski definition) is 1. The number of fused-ring (bicyclic) bond motifs is 1. The molecule has 1 N–H and O–H groups in total. The lowest BCUT2D eigenvalue weighted by atomic mass is 9.98. The maximum atomic E-state index is 13.7. The first-order valence-corrected chi connectivity index (χ1v) is 14.1. The Hall–Kier alpha value is -2.55. The zero-order valence-corrected chi connectivity index (χ0v) is 26.1. The zero-order chi connectivity index (χ0) is 30.8. The second-order valence-electron chi connectivity index (χ2n) is 11.1. The van der Waals surface area contributed by atoms with Gasteiger partial charge in [0.2, 0.25) is 0 Å². The van der Waals surface area contributed by atoms with Crippen molar-refractivity contribution in [2.75, 3.05) is 66.1 Å². The molecule has 5 rings (SSSR count). The molecule has 3 aromatic rings. The summed E-state index contributed by atoms with van der Waals surface area (Å²) in [7, 11) is 1.63. The molecule has 2 fully saturated rings. The molecule has 0 bridgehead atoms. The number of piperazine rings is 1. The number of amides is 1. The minimum atomic E-state index is -5.04. The van der Waals surface area contributed by atoms with Gasteiger partial charge in [-0.05, 0) is 36.2 Å². The number of aromatic amines is 1. The lowest BCUT2D eigenvalue weighted by Crippen LogP contribution is -2.57. The standard InChI is InChI=1S/C30H34F6N4O3.2ClH/c1-42-19-25-18-39(10-11-43-25)7-6-38-8-9-40(24(17-38)14-21-16-37-27-5-3-2-4-26(21)27)28(41)20-12-22(29(31,32)33)15-23(13-20)30(34,35)36;;/h2-5,12-13,15-16,24-25,37H,6-11,14,17-19H2,1H3;2*1H/t24-,25-;;/m1../s1. The highest BCUT2D eigenvalue weighted by molar-refractivity contribution is 5.95. The zero-order valence-electron chi connectivity index (χ0n) is 24.5. The summed E-state index contributed by atoms with van der Waals surface area (Å²) in [4.78, 5) is 22.8. The maximum Gasteiger partial charge on any atom is 0.416 e. The number of carbonyl (C=O) groups is 1. The van der Waals surface area contributed by atoms with Crippen molar-refractivity contribution >= 4 is 41.6 Å². The lowest BCUT2D eigenvalue weighted by molar-refractivity contribution is -0.143. The van der Waals surface area contributed by atoms with Crippen molar-refractivity contribution in [1.29, 1.82) is 0 Å². The second kappa shape index (κ2) is 15.4. The molecule has 1 amide bonds. The highest BCUT2D eigenvalue weighted by Gasteiger charge is 2.39. The molecule has 1 aromatic heterocycles. The first-order chi connectivity index (χ1) is 20.4. The maximum absolute atomic E-state index is 13.7. The molecule has 2 aliphatic heterocycles. The van der Waals surface area contributed by atoms with Gasteiger partial charge in [-0.3, -0.25) is 14.6 Å². The van der Waals surface area contributed by atoms with E-state index < -0.39 is 41.0 Å². The van der Waals surface area contributed by atoms with Crippen LogP contribution in [-0.2, 0) is 28.2 Å². The van der Waals surface area contributed by atoms with Gasteiger partial charge >= 0.3 is 12.4 Å². The molecule has 2 saturated heterocycles. The number of halogens is 8. The van der Waals surface area contributed by atoms with Gasteiger partial charge in [-0.15, -0.1) is 24.8 Å². The largest absolute Gasteiger partial charge is 0.416 e. The second-order valence-corrected chi connectivity index (χ2v) is 11.1. The Bertz CT molecular complexity index is 1390. The Kier molecular flexibility index (Phi) is 12.6. The van der Waals surface area contributed by atoms with Gasteiger partial charge in [-0.25, -0.2) is 0 Å². The number of carbonyl (C=O) groups excluding carboxylic acids is 1. The topological polar surface area (TPSA) is 61.0 Å². The summed E-state index contributed by atoms with van der Waals surface area (Å²) in [5.41, 5.74) is -1.83. The molecule has 0 aliphatic carbocycles. The number of para-hydroxylation sites is 1. The number of nitrogens with one attached hydrogen (secondary N) is 1. The molecule has 2 aromatic carbocycles. The van der Waals surface area contributed by atoms with Crippen LogP contribution in [0.2, 0.25) is 0 Å². The van der Waals surface area contributed by atoms with Crippen LogP contribution >= 0.6 is 24.8 Å². The van der Waals surface area contributed by atoms with E-state index in [-0.39, 0.29) is 43.5 Å². The smallest absolute Gasteiger partial charge is 0.382 e. The minimum Gasteiger partial charge on any atom is -0.382 e. The molecule has 2 aliphatic rings. The average molecular weight is 686 g/mol. The van der Waals surface area contributed by atoms with E-state index in [0.29, 0.717) is 51.4 Å². The Labute approximate surface area is 269 Å². The summed E-state index contributed by atoms with van der Waals surface area (Å²) in [5, 5.41) is 0.947. The number of ether oxygens (including phenoxy) is 2. The Morgan fingerprint density at radius 1 is 0.933 bits per heavy atom. The number of alkyl halides is 6. The van der Waals surface area contributed by atoms with Crippen LogP contribution in [0.5, 0.6) is 0 Å². The van der Waals surface area contributed by atoms with E-state index in [4.69, 9.17) is 9.47 Å². The third-order valence-electron chi connectivity index (χ3n) is 8.10. The van der Waals surface area contributed by atoms with Gasteiger partial charge in [-0.2, -0.15) is 26.3 Å². The number of hydrogen-bond acceptors (Lipinski definition) is 5. The summed E-state index contributed by atoms with van der Waals surface area (Å²) in [5.74, 6) is -0.850. The first-order valence-electron chi connectivity index (χ1n) is 14.1. The van der Waals surface area contributed by atoms with Gasteiger partial charge in [0.25, 0.3) is 5.91 Å². The third-order valence-corrected chi connectivity index (χ3v) is 8.10. The molecule has 15 heteroatoms. The van der Waals surface area contributed by atoms with Crippen LogP contribution in [0, 0.1) is 0 Å². The number of morpholine rings is 1. The van der Waals surface area contributed by atoms with E-state index in [0.717, 1.165) is 36.1 Å². The Morgan fingerprint density at radius 3 is 2.22 bits per heavy atom. The summed E-state index contributed by atoms with van der Waals surface area (Å²) in [6, 6.07) is 8.21. The molecule has 0 spiro atoms. The van der Waals surface area contributed by atoms with Crippen LogP contribution in [0.15, 0.2) is 48.7 Å². The molecule has 0 radical (unpaired) electrons. The molecule has 250 valence electrons. The summed E-state index contributed by atoms with van der Waals surface area (Å²) in [6.45, 7) is 5.05. The highest BCUT2D eigenvalue weighted by Crippen LogP contribution is 2.37. The fraction of sp³-hybridized carbons (Fsp3) is 0.500. The lowest BCUT2D eigenvalue weighted by Gasteiger charge is -2.42. The molecule has 7 nitrogen and oxygen atoms in total. The first kappa shape index (κ1) is 36.9. The molecule has 0 saturated carbocycles. The molecule has 0 unspecified atom stereocenters. The quantitative estimate of drug-likeness (QED) is 0.306. The van der Waals surface area contributed by atoms with E-state index in [1.54, 1.807) is 7.11 Å². The monoisotopic (exact) mass is 684 g/mol. The highest BCUT2D eigenvalue weighted by atomic mass is 35.5. The predicted octanol–water partition coefficient (Wildman–Crippen LogP) is 5.77. The van der Waals surface area contributed by atoms with Crippen molar-refractivity contribution < 1.29 is 40.6 Å². The Balaban J connectivity index is 0.00000276. The van der Waals surface area contributed by atoms with Crippen molar-refractivity contribution in [3.8, 4) is 0 Å². The normalized spacial score (nSPS) is 20.1. The van der Waals surface area contributed by atoms with Crippen LogP contribution in [0.3, 0.4) is 0 Å². The predicted molar refractivity (Wildman–Crippen MR) is 162 cm³/mol. The van der Waals surface area contributed by atoms with Crippen LogP contribution in [0.4, 0.5) is 26.3 Å². The van der Waals surface area contributed by atoms with E-state index in [1.807, 2.05) is 30.5 Å². The number of nitrogens with zero attached hydrogens (tertiary/aromatic N) is 3. The van der Waals surface area contributed by atoms with Crippen molar-refractivity contribution in [2.24, 2.45) is 0 Å². The van der Waals surface area contributed by atoms with Crippen LogP contribution in [-0.4, -0.2) is 104 Å². The van der Waals surface area contributed by atoms with E-state index in [2.05, 4.69) is 14.8 Å². The Morgan fingerprint density at radius 2 is 1.58 bits per heavy atom. The SMILES string of the molecule is COC[C@H]1CN(CCN2CCN(C(=O)c3cc(C(F)(F)F)cc(C(F)(F)F)c3)[C@H](Cc3c[nH]c4ccccc34)C2)CCO1.Cl.Cl. The molecule has 2 atom stereocenters. The number of H-pyrrole nitrogens is 1. The summed E-state index contributed by atoms with van der Waals surface area (Å²) < 4.78 is 92.3. The van der Waals surface area contributed by atoms with Gasteiger partial charge in [0, 0.05) is 81.6 Å². The van der Waals surface area contributed by atoms with Crippen LogP contribution < -0.4 is 0 Å². The molecule has 45 heavy (non-hydrogen) atoms. The van der Waals surface area contributed by atoms with Crippen LogP contribution in [0.25, 0.3) is 10.9 Å². The molecular weight excluding hydrogens is 649 g/mol. The molecule has 3 heterocycles. The van der Waals surface area contributed by atoms with Gasteiger partial charge in [0.15, 0.2) is 0 Å². The fourth-order valence-corrected chi connectivity index (χ4v) is 5.92.